The molecule has 110 valence electrons. The van der Waals surface area contributed by atoms with E-state index in [2.05, 4.69) is 0 Å². The smallest absolute Gasteiger partial charge is 0.207 e. The van der Waals surface area contributed by atoms with E-state index in [1.54, 1.807) is 0 Å². The highest BCUT2D eigenvalue weighted by molar-refractivity contribution is 7.14. The number of aliphatic hydroxyl groups is 1. The largest absolute Gasteiger partial charge is 0.488 e. The summed E-state index contributed by atoms with van der Waals surface area (Å²) in [5.41, 5.74) is 2.77. The van der Waals surface area contributed by atoms with Gasteiger partial charge in [-0.2, -0.15) is 0 Å². The lowest BCUT2D eigenvalue weighted by Gasteiger charge is -2.08. The summed E-state index contributed by atoms with van der Waals surface area (Å²) >= 11 is 1.54. The van der Waals surface area contributed by atoms with E-state index < -0.39 is 0 Å². The van der Waals surface area contributed by atoms with Gasteiger partial charge in [0.25, 0.3) is 0 Å². The molecule has 1 aliphatic heterocycles. The second-order valence-corrected chi connectivity index (χ2v) is 6.60. The molecule has 0 unspecified atom stereocenters. The molecular weight excluding hydrogens is 284 g/mol. The van der Waals surface area contributed by atoms with E-state index in [1.165, 1.54) is 11.3 Å². The molecule has 0 atom stereocenters. The average Bonchev–Trinajstić information content (AvgIpc) is 2.81. The van der Waals surface area contributed by atoms with E-state index in [-0.39, 0.29) is 12.4 Å². The monoisotopic (exact) mass is 302 g/mol. The van der Waals surface area contributed by atoms with Crippen molar-refractivity contribution in [2.75, 3.05) is 6.61 Å². The second-order valence-electron chi connectivity index (χ2n) is 5.34. The van der Waals surface area contributed by atoms with Crippen molar-refractivity contribution < 1.29 is 14.6 Å². The van der Waals surface area contributed by atoms with Gasteiger partial charge in [-0.25, -0.2) is 0 Å². The number of benzene rings is 1. The highest BCUT2D eigenvalue weighted by Gasteiger charge is 2.24. The number of aliphatic hydroxyl groups excluding tert-OH is 1. The Morgan fingerprint density at radius 2 is 2.14 bits per heavy atom. The first-order valence-corrected chi connectivity index (χ1v) is 8.01. The van der Waals surface area contributed by atoms with Crippen molar-refractivity contribution in [3.8, 4) is 5.75 Å². The summed E-state index contributed by atoms with van der Waals surface area (Å²) in [7, 11) is 0. The molecule has 2 aromatic rings. The molecule has 1 aromatic carbocycles. The van der Waals surface area contributed by atoms with Gasteiger partial charge in [0.1, 0.15) is 12.4 Å². The zero-order valence-corrected chi connectivity index (χ0v) is 12.8. The van der Waals surface area contributed by atoms with Crippen LogP contribution in [0.3, 0.4) is 0 Å². The van der Waals surface area contributed by atoms with Crippen molar-refractivity contribution in [3.05, 3.63) is 50.7 Å². The minimum atomic E-state index is 0.0691. The molecule has 1 aliphatic rings. The number of carbonyl (C=O) groups excluding carboxylic acids is 1. The van der Waals surface area contributed by atoms with E-state index >= 15 is 0 Å². The van der Waals surface area contributed by atoms with Gasteiger partial charge in [0.05, 0.1) is 10.4 Å². The number of ether oxygens (including phenoxy) is 1. The van der Waals surface area contributed by atoms with Crippen LogP contribution in [0.4, 0.5) is 0 Å². The van der Waals surface area contributed by atoms with E-state index in [0.717, 1.165) is 40.1 Å². The average molecular weight is 302 g/mol. The van der Waals surface area contributed by atoms with E-state index in [9.17, 15) is 4.79 Å². The molecule has 1 aromatic heterocycles. The third-order valence-corrected chi connectivity index (χ3v) is 4.78. The standard InChI is InChI=1S/C17H18O3S/c1-11-8-13-10-20-15-6-5-12(4-2-3-7-18)9-14(15)16(19)17(13)21-11/h5-6,8-9,18H,2-4,7,10H2,1H3. The van der Waals surface area contributed by atoms with Crippen molar-refractivity contribution in [1.82, 2.24) is 0 Å². The van der Waals surface area contributed by atoms with Crippen LogP contribution in [0.2, 0.25) is 0 Å². The summed E-state index contributed by atoms with van der Waals surface area (Å²) in [6.07, 6.45) is 2.58. The molecule has 0 spiro atoms. The van der Waals surface area contributed by atoms with Gasteiger partial charge in [-0.05, 0) is 49.9 Å². The fraction of sp³-hybridized carbons (Fsp3) is 0.353. The lowest BCUT2D eigenvalue weighted by atomic mass is 10.0. The maximum Gasteiger partial charge on any atom is 0.207 e. The van der Waals surface area contributed by atoms with Crippen molar-refractivity contribution in [3.63, 3.8) is 0 Å². The zero-order valence-electron chi connectivity index (χ0n) is 12.0. The Labute approximate surface area is 128 Å². The number of ketones is 1. The minimum Gasteiger partial charge on any atom is -0.488 e. The van der Waals surface area contributed by atoms with Gasteiger partial charge in [-0.1, -0.05) is 6.07 Å². The topological polar surface area (TPSA) is 46.5 Å². The normalized spacial score (nSPS) is 13.3. The molecule has 0 aliphatic carbocycles. The number of unbranched alkanes of at least 4 members (excludes halogenated alkanes) is 1. The van der Waals surface area contributed by atoms with Crippen molar-refractivity contribution >= 4 is 17.1 Å². The predicted molar refractivity (Wildman–Crippen MR) is 83.3 cm³/mol. The van der Waals surface area contributed by atoms with Crippen molar-refractivity contribution in [1.29, 1.82) is 0 Å². The van der Waals surface area contributed by atoms with Crippen LogP contribution in [0, 0.1) is 6.92 Å². The highest BCUT2D eigenvalue weighted by Crippen LogP contribution is 2.33. The van der Waals surface area contributed by atoms with Crippen molar-refractivity contribution in [2.24, 2.45) is 0 Å². The van der Waals surface area contributed by atoms with Gasteiger partial charge in [0, 0.05) is 17.0 Å². The second kappa shape index (κ2) is 6.00. The summed E-state index contributed by atoms with van der Waals surface area (Å²) < 4.78 is 5.79. The summed E-state index contributed by atoms with van der Waals surface area (Å²) in [6.45, 7) is 2.69. The van der Waals surface area contributed by atoms with Crippen LogP contribution in [0.5, 0.6) is 5.75 Å². The Bertz CT molecular complexity index is 673. The molecule has 0 saturated heterocycles. The maximum absolute atomic E-state index is 12.7. The third kappa shape index (κ3) is 2.87. The third-order valence-electron chi connectivity index (χ3n) is 3.68. The number of rotatable bonds is 4. The molecule has 1 N–H and O–H groups in total. The van der Waals surface area contributed by atoms with Crippen molar-refractivity contribution in [2.45, 2.75) is 32.8 Å². The van der Waals surface area contributed by atoms with Crippen LogP contribution in [-0.4, -0.2) is 17.5 Å². The molecule has 0 saturated carbocycles. The Balaban J connectivity index is 1.92. The molecule has 0 fully saturated rings. The van der Waals surface area contributed by atoms with Gasteiger partial charge in [0.15, 0.2) is 0 Å². The van der Waals surface area contributed by atoms with Gasteiger partial charge >= 0.3 is 0 Å². The van der Waals surface area contributed by atoms with Gasteiger partial charge in [0.2, 0.25) is 5.78 Å². The van der Waals surface area contributed by atoms with Crippen LogP contribution in [-0.2, 0) is 13.0 Å². The molecular formula is C17H18O3S. The molecule has 21 heavy (non-hydrogen) atoms. The Kier molecular flexibility index (Phi) is 4.08. The number of fused-ring (bicyclic) bond motifs is 2. The summed E-state index contributed by atoms with van der Waals surface area (Å²) in [4.78, 5) is 14.7. The number of hydrogen-bond donors (Lipinski definition) is 1. The first-order valence-electron chi connectivity index (χ1n) is 7.19. The van der Waals surface area contributed by atoms with Crippen LogP contribution in [0.15, 0.2) is 24.3 Å². The minimum absolute atomic E-state index is 0.0691. The molecule has 0 amide bonds. The fourth-order valence-corrected chi connectivity index (χ4v) is 3.60. The lowest BCUT2D eigenvalue weighted by molar-refractivity contribution is 0.104. The van der Waals surface area contributed by atoms with E-state index in [4.69, 9.17) is 9.84 Å². The van der Waals surface area contributed by atoms with Crippen LogP contribution in [0.25, 0.3) is 0 Å². The van der Waals surface area contributed by atoms with Gasteiger partial charge in [-0.3, -0.25) is 4.79 Å². The number of hydrogen-bond acceptors (Lipinski definition) is 4. The van der Waals surface area contributed by atoms with Crippen LogP contribution in [0.1, 0.15) is 44.1 Å². The number of carbonyl (C=O) groups is 1. The molecule has 2 heterocycles. The molecule has 3 rings (SSSR count). The first-order chi connectivity index (χ1) is 10.2. The lowest BCUT2D eigenvalue weighted by Crippen LogP contribution is -2.01. The fourth-order valence-electron chi connectivity index (χ4n) is 2.62. The summed E-state index contributed by atoms with van der Waals surface area (Å²) in [5, 5.41) is 8.85. The Morgan fingerprint density at radius 1 is 1.29 bits per heavy atom. The first kappa shape index (κ1) is 14.3. The maximum atomic E-state index is 12.7. The SMILES string of the molecule is Cc1cc2c(s1)C(=O)c1cc(CCCCO)ccc1OC2. The Morgan fingerprint density at radius 3 is 2.95 bits per heavy atom. The number of thiophene rings is 1. The molecule has 0 radical (unpaired) electrons. The molecule has 0 bridgehead atoms. The van der Waals surface area contributed by atoms with E-state index in [0.29, 0.717) is 17.9 Å². The predicted octanol–water partition coefficient (Wildman–Crippen LogP) is 3.49. The van der Waals surface area contributed by atoms with Gasteiger partial charge < -0.3 is 9.84 Å². The van der Waals surface area contributed by atoms with Crippen LogP contribution >= 0.6 is 11.3 Å². The molecule has 4 heteroatoms. The summed E-state index contributed by atoms with van der Waals surface area (Å²) in [5.74, 6) is 0.742. The molecule has 3 nitrogen and oxygen atoms in total. The quantitative estimate of drug-likeness (QED) is 0.879. The Hall–Kier alpha value is -1.65. The van der Waals surface area contributed by atoms with Gasteiger partial charge in [-0.15, -0.1) is 11.3 Å². The highest BCUT2D eigenvalue weighted by atomic mass is 32.1. The number of aryl methyl sites for hydroxylation is 2. The van der Waals surface area contributed by atoms with E-state index in [1.807, 2.05) is 31.2 Å². The van der Waals surface area contributed by atoms with Crippen LogP contribution < -0.4 is 4.74 Å². The zero-order chi connectivity index (χ0) is 14.8. The summed E-state index contributed by atoms with van der Waals surface area (Å²) in [6, 6.07) is 7.88.